The molecule has 2 heterocycles. The van der Waals surface area contributed by atoms with Crippen molar-refractivity contribution in [3.8, 4) is 0 Å². The Hall–Kier alpha value is -2.16. The summed E-state index contributed by atoms with van der Waals surface area (Å²) in [6, 6.07) is 0. The van der Waals surface area contributed by atoms with Gasteiger partial charge in [0.05, 0.1) is 16.9 Å². The minimum atomic E-state index is -0.778. The molecule has 1 aliphatic rings. The molecule has 24 heavy (non-hydrogen) atoms. The van der Waals surface area contributed by atoms with Crippen LogP contribution in [0.3, 0.4) is 0 Å². The number of carbonyl (C=O) groups excluding carboxylic acids is 1. The molecular formula is C15H24N4O5. The SMILES string of the molecule is Cn1ncc([N+](=O)[O-])c1N1CCC(C(=O)OC(C)(C)C)CC(O)C1. The number of aryl methyl sites for hydroxylation is 1. The fourth-order valence-electron chi connectivity index (χ4n) is 2.88. The fourth-order valence-corrected chi connectivity index (χ4v) is 2.88. The van der Waals surface area contributed by atoms with Crippen LogP contribution in [0.5, 0.6) is 0 Å². The third-order valence-electron chi connectivity index (χ3n) is 3.86. The number of esters is 1. The first-order valence-corrected chi connectivity index (χ1v) is 7.90. The van der Waals surface area contributed by atoms with Crippen LogP contribution < -0.4 is 4.90 Å². The lowest BCUT2D eigenvalue weighted by Gasteiger charge is -2.23. The van der Waals surface area contributed by atoms with Gasteiger partial charge in [-0.25, -0.2) is 4.68 Å². The molecule has 1 saturated heterocycles. The van der Waals surface area contributed by atoms with E-state index in [0.717, 1.165) is 0 Å². The van der Waals surface area contributed by atoms with Crippen molar-refractivity contribution in [1.29, 1.82) is 0 Å². The highest BCUT2D eigenvalue weighted by Gasteiger charge is 2.34. The van der Waals surface area contributed by atoms with Crippen LogP contribution >= 0.6 is 0 Å². The van der Waals surface area contributed by atoms with E-state index in [1.54, 1.807) is 32.7 Å². The average molecular weight is 340 g/mol. The first-order valence-electron chi connectivity index (χ1n) is 7.90. The van der Waals surface area contributed by atoms with Gasteiger partial charge in [-0.15, -0.1) is 0 Å². The number of aliphatic hydroxyl groups is 1. The lowest BCUT2D eigenvalue weighted by molar-refractivity contribution is -0.384. The van der Waals surface area contributed by atoms with Gasteiger partial charge in [-0.3, -0.25) is 14.9 Å². The first-order chi connectivity index (χ1) is 11.1. The summed E-state index contributed by atoms with van der Waals surface area (Å²) in [5.41, 5.74) is -0.699. The van der Waals surface area contributed by atoms with Gasteiger partial charge in [0.2, 0.25) is 5.82 Å². The smallest absolute Gasteiger partial charge is 0.331 e. The Morgan fingerprint density at radius 2 is 2.17 bits per heavy atom. The van der Waals surface area contributed by atoms with Crippen molar-refractivity contribution in [2.45, 2.75) is 45.3 Å². The van der Waals surface area contributed by atoms with Crippen LogP contribution in [0, 0.1) is 16.0 Å². The van der Waals surface area contributed by atoms with Crippen LogP contribution in [0.2, 0.25) is 0 Å². The zero-order valence-corrected chi connectivity index (χ0v) is 14.4. The molecular weight excluding hydrogens is 316 g/mol. The summed E-state index contributed by atoms with van der Waals surface area (Å²) in [7, 11) is 1.62. The predicted octanol–water partition coefficient (Wildman–Crippen LogP) is 1.25. The van der Waals surface area contributed by atoms with Crippen LogP contribution in [0.25, 0.3) is 0 Å². The Morgan fingerprint density at radius 3 is 2.75 bits per heavy atom. The molecule has 9 heteroatoms. The van der Waals surface area contributed by atoms with Crippen LogP contribution in [0.15, 0.2) is 6.20 Å². The van der Waals surface area contributed by atoms with Crippen molar-refractivity contribution in [3.05, 3.63) is 16.3 Å². The van der Waals surface area contributed by atoms with E-state index < -0.39 is 22.5 Å². The number of β-amino-alcohol motifs (C(OH)–C–C–N with tert-alkyl or cyclic N) is 1. The zero-order valence-electron chi connectivity index (χ0n) is 14.4. The van der Waals surface area contributed by atoms with E-state index in [1.807, 2.05) is 0 Å². The quantitative estimate of drug-likeness (QED) is 0.501. The second kappa shape index (κ2) is 6.76. The number of hydrogen-bond donors (Lipinski definition) is 1. The van der Waals surface area contributed by atoms with Gasteiger partial charge in [-0.1, -0.05) is 0 Å². The Bertz CT molecular complexity index is 622. The molecule has 9 nitrogen and oxygen atoms in total. The lowest BCUT2D eigenvalue weighted by atomic mass is 9.99. The van der Waals surface area contributed by atoms with Gasteiger partial charge in [-0.05, 0) is 33.6 Å². The third-order valence-corrected chi connectivity index (χ3v) is 3.86. The number of rotatable bonds is 3. The number of carbonyl (C=O) groups is 1. The van der Waals surface area contributed by atoms with Crippen LogP contribution in [-0.2, 0) is 16.6 Å². The van der Waals surface area contributed by atoms with Gasteiger partial charge < -0.3 is 14.7 Å². The molecule has 0 amide bonds. The van der Waals surface area contributed by atoms with Gasteiger partial charge in [0, 0.05) is 20.1 Å². The molecule has 1 aromatic heterocycles. The van der Waals surface area contributed by atoms with Gasteiger partial charge >= 0.3 is 11.7 Å². The van der Waals surface area contributed by atoms with Crippen LogP contribution in [0.1, 0.15) is 33.6 Å². The molecule has 1 fully saturated rings. The summed E-state index contributed by atoms with van der Waals surface area (Å²) < 4.78 is 6.81. The van der Waals surface area contributed by atoms with Crippen molar-refractivity contribution >= 4 is 17.5 Å². The summed E-state index contributed by atoms with van der Waals surface area (Å²) in [5.74, 6) is -0.441. The molecule has 1 aromatic rings. The number of aromatic nitrogens is 2. The predicted molar refractivity (Wildman–Crippen MR) is 86.7 cm³/mol. The van der Waals surface area contributed by atoms with Gasteiger partial charge in [-0.2, -0.15) is 5.10 Å². The lowest BCUT2D eigenvalue weighted by Crippen LogP contribution is -2.32. The Morgan fingerprint density at radius 1 is 1.50 bits per heavy atom. The van der Waals surface area contributed by atoms with Crippen molar-refractivity contribution < 1.29 is 19.6 Å². The Labute approximate surface area is 140 Å². The second-order valence-corrected chi connectivity index (χ2v) is 7.09. The maximum atomic E-state index is 12.3. The fraction of sp³-hybridized carbons (Fsp3) is 0.733. The molecule has 0 aliphatic carbocycles. The van der Waals surface area contributed by atoms with Crippen molar-refractivity contribution in [1.82, 2.24) is 9.78 Å². The minimum Gasteiger partial charge on any atom is -0.460 e. The molecule has 0 radical (unpaired) electrons. The van der Waals surface area contributed by atoms with Crippen molar-refractivity contribution in [2.75, 3.05) is 18.0 Å². The van der Waals surface area contributed by atoms with Gasteiger partial charge in [0.15, 0.2) is 0 Å². The van der Waals surface area contributed by atoms with E-state index in [0.29, 0.717) is 18.8 Å². The maximum Gasteiger partial charge on any atom is 0.331 e. The monoisotopic (exact) mass is 340 g/mol. The molecule has 134 valence electrons. The van der Waals surface area contributed by atoms with E-state index in [1.165, 1.54) is 10.9 Å². The second-order valence-electron chi connectivity index (χ2n) is 7.09. The number of ether oxygens (including phenoxy) is 1. The number of hydrogen-bond acceptors (Lipinski definition) is 7. The summed E-state index contributed by atoms with van der Waals surface area (Å²) in [6.07, 6.45) is 1.14. The average Bonchev–Trinajstić information content (AvgIpc) is 2.70. The van der Waals surface area contributed by atoms with E-state index in [9.17, 15) is 20.0 Å². The zero-order chi connectivity index (χ0) is 18.1. The minimum absolute atomic E-state index is 0.111. The first kappa shape index (κ1) is 18.2. The topological polar surface area (TPSA) is 111 Å². The van der Waals surface area contributed by atoms with Crippen molar-refractivity contribution in [2.24, 2.45) is 13.0 Å². The molecule has 0 saturated carbocycles. The molecule has 0 spiro atoms. The molecule has 0 aromatic carbocycles. The van der Waals surface area contributed by atoms with Gasteiger partial charge in [0.1, 0.15) is 11.8 Å². The molecule has 0 bridgehead atoms. The highest BCUT2D eigenvalue weighted by atomic mass is 16.6. The van der Waals surface area contributed by atoms with Crippen LogP contribution in [0.4, 0.5) is 11.5 Å². The summed E-state index contributed by atoms with van der Waals surface area (Å²) in [5, 5.41) is 25.3. The molecule has 2 rings (SSSR count). The van der Waals surface area contributed by atoms with E-state index in [2.05, 4.69) is 5.10 Å². The number of aliphatic hydroxyl groups excluding tert-OH is 1. The summed E-state index contributed by atoms with van der Waals surface area (Å²) in [4.78, 5) is 24.6. The largest absolute Gasteiger partial charge is 0.460 e. The summed E-state index contributed by atoms with van der Waals surface area (Å²) in [6.45, 7) is 6.00. The van der Waals surface area contributed by atoms with Crippen LogP contribution in [-0.4, -0.2) is 50.6 Å². The molecule has 2 unspecified atom stereocenters. The molecule has 1 N–H and O–H groups in total. The standard InChI is InChI=1S/C15H24N4O5/c1-15(2,3)24-14(21)10-5-6-18(9-11(20)7-10)13-12(19(22)23)8-16-17(13)4/h8,10-11,20H,5-7,9H2,1-4H3. The third kappa shape index (κ3) is 4.22. The number of nitro groups is 1. The van der Waals surface area contributed by atoms with E-state index in [-0.39, 0.29) is 24.6 Å². The maximum absolute atomic E-state index is 12.3. The number of nitrogens with zero attached hydrogens (tertiary/aromatic N) is 4. The van der Waals surface area contributed by atoms with Crippen molar-refractivity contribution in [3.63, 3.8) is 0 Å². The summed E-state index contributed by atoms with van der Waals surface area (Å²) >= 11 is 0. The highest BCUT2D eigenvalue weighted by molar-refractivity contribution is 5.73. The highest BCUT2D eigenvalue weighted by Crippen LogP contribution is 2.31. The van der Waals surface area contributed by atoms with E-state index in [4.69, 9.17) is 4.74 Å². The molecule has 2 atom stereocenters. The molecule has 1 aliphatic heterocycles. The van der Waals surface area contributed by atoms with Gasteiger partial charge in [0.25, 0.3) is 0 Å². The normalized spacial score (nSPS) is 22.1. The Balaban J connectivity index is 2.17. The Kier molecular flexibility index (Phi) is 5.12. The van der Waals surface area contributed by atoms with E-state index >= 15 is 0 Å². The number of anilines is 1.